The molecule has 0 saturated heterocycles. The molecule has 4 aliphatic rings. The lowest BCUT2D eigenvalue weighted by Gasteiger charge is -2.59. The van der Waals surface area contributed by atoms with Gasteiger partial charge >= 0.3 is 0 Å². The number of ketones is 2. The van der Waals surface area contributed by atoms with Crippen LogP contribution in [0.2, 0.25) is 0 Å². The van der Waals surface area contributed by atoms with E-state index in [2.05, 4.69) is 6.92 Å². The molecule has 0 radical (unpaired) electrons. The Morgan fingerprint density at radius 1 is 1.30 bits per heavy atom. The number of aliphatic hydroxyl groups is 1. The number of carbonyl (C=O) groups is 2. The molecule has 0 unspecified atom stereocenters. The summed E-state index contributed by atoms with van der Waals surface area (Å²) in [5.41, 5.74) is -1.56. The van der Waals surface area contributed by atoms with E-state index in [0.29, 0.717) is 30.8 Å². The van der Waals surface area contributed by atoms with Crippen LogP contribution >= 0.6 is 11.6 Å². The van der Waals surface area contributed by atoms with Crippen LogP contribution in [0.5, 0.6) is 0 Å². The zero-order valence-electron chi connectivity index (χ0n) is 16.4. The van der Waals surface area contributed by atoms with Gasteiger partial charge in [-0.1, -0.05) is 20.8 Å². The van der Waals surface area contributed by atoms with Crippen molar-refractivity contribution in [3.8, 4) is 0 Å². The van der Waals surface area contributed by atoms with Gasteiger partial charge in [0.05, 0.1) is 5.88 Å². The van der Waals surface area contributed by atoms with Crippen molar-refractivity contribution in [1.82, 2.24) is 0 Å². The van der Waals surface area contributed by atoms with Gasteiger partial charge in [0.25, 0.3) is 0 Å². The van der Waals surface area contributed by atoms with E-state index in [4.69, 9.17) is 11.6 Å². The summed E-state index contributed by atoms with van der Waals surface area (Å²) in [6.07, 6.45) is 4.41. The highest BCUT2D eigenvalue weighted by atomic mass is 35.5. The van der Waals surface area contributed by atoms with Gasteiger partial charge in [-0.3, -0.25) is 9.59 Å². The number of alkyl halides is 2. The van der Waals surface area contributed by atoms with Crippen LogP contribution in [0.25, 0.3) is 0 Å². The highest BCUT2D eigenvalue weighted by Gasteiger charge is 2.69. The smallest absolute Gasteiger partial charge is 0.179 e. The van der Waals surface area contributed by atoms with Gasteiger partial charge < -0.3 is 5.11 Å². The van der Waals surface area contributed by atoms with E-state index in [1.807, 2.05) is 13.8 Å². The van der Waals surface area contributed by atoms with Gasteiger partial charge in [-0.15, -0.1) is 11.6 Å². The third kappa shape index (κ3) is 2.35. The Labute approximate surface area is 165 Å². The number of hydrogen-bond donors (Lipinski definition) is 1. The molecule has 0 spiro atoms. The van der Waals surface area contributed by atoms with Crippen LogP contribution in [0.15, 0.2) is 11.6 Å². The van der Waals surface area contributed by atoms with E-state index in [1.165, 1.54) is 0 Å². The molecule has 0 aromatic heterocycles. The number of halogens is 2. The van der Waals surface area contributed by atoms with Crippen LogP contribution in [0.4, 0.5) is 4.39 Å². The summed E-state index contributed by atoms with van der Waals surface area (Å²) in [5.74, 6) is -0.0545. The first-order chi connectivity index (χ1) is 12.6. The van der Waals surface area contributed by atoms with Crippen molar-refractivity contribution >= 4 is 23.2 Å². The Bertz CT molecular complexity index is 720. The number of fused-ring (bicyclic) bond motifs is 5. The Balaban J connectivity index is 1.75. The number of carbonyl (C=O) groups excluding carboxylic acids is 2. The molecule has 0 bridgehead atoms. The van der Waals surface area contributed by atoms with Crippen LogP contribution in [-0.2, 0) is 9.59 Å². The van der Waals surface area contributed by atoms with Gasteiger partial charge in [0.2, 0.25) is 0 Å². The monoisotopic (exact) mass is 396 g/mol. The van der Waals surface area contributed by atoms with Crippen LogP contribution in [-0.4, -0.2) is 34.3 Å². The van der Waals surface area contributed by atoms with Crippen molar-refractivity contribution in [1.29, 1.82) is 0 Å². The van der Waals surface area contributed by atoms with Crippen molar-refractivity contribution in [3.05, 3.63) is 11.6 Å². The second-order valence-corrected chi connectivity index (χ2v) is 10.2. The van der Waals surface area contributed by atoms with Gasteiger partial charge in [-0.05, 0) is 72.8 Å². The number of allylic oxidation sites excluding steroid dienone is 1. The van der Waals surface area contributed by atoms with Crippen LogP contribution in [0, 0.1) is 34.5 Å². The first-order valence-electron chi connectivity index (χ1n) is 10.3. The third-order valence-electron chi connectivity index (χ3n) is 9.07. The molecule has 150 valence electrons. The number of rotatable bonds is 2. The Kier molecular flexibility index (Phi) is 4.44. The molecule has 0 aliphatic heterocycles. The minimum atomic E-state index is -1.42. The van der Waals surface area contributed by atoms with Crippen molar-refractivity contribution in [2.45, 2.75) is 71.1 Å². The maximum atomic E-state index is 15.2. The summed E-state index contributed by atoms with van der Waals surface area (Å²) in [7, 11) is 0. The summed E-state index contributed by atoms with van der Waals surface area (Å²) in [6, 6.07) is 0. The molecule has 8 atom stereocenters. The summed E-state index contributed by atoms with van der Waals surface area (Å²) >= 11 is 5.86. The molecule has 4 aliphatic carbocycles. The average Bonchev–Trinajstić information content (AvgIpc) is 2.84. The lowest BCUT2D eigenvalue weighted by Crippen LogP contribution is -2.60. The zero-order chi connectivity index (χ0) is 19.8. The highest BCUT2D eigenvalue weighted by Crippen LogP contribution is 2.69. The van der Waals surface area contributed by atoms with E-state index in [1.54, 1.807) is 6.08 Å². The standard InChI is InChI=1S/C22H30ClFO3/c1-12-8-16-14-10-18(24)17-9-13(25)4-6-20(17,2)15(14)5-7-21(16,3)22(12,27)19(26)11-23/h9,12,14-16,18,27H,4-8,10-11H2,1-3H3/t12-,14+,15-,16-,18-,20+,21-,22-/m0/s1. The number of hydrogen-bond acceptors (Lipinski definition) is 3. The largest absolute Gasteiger partial charge is 0.381 e. The lowest BCUT2D eigenvalue weighted by atomic mass is 9.46. The minimum absolute atomic E-state index is 0.0424. The van der Waals surface area contributed by atoms with Crippen molar-refractivity contribution in [2.75, 3.05) is 5.88 Å². The molecule has 3 saturated carbocycles. The zero-order valence-corrected chi connectivity index (χ0v) is 17.2. The van der Waals surface area contributed by atoms with E-state index >= 15 is 4.39 Å². The molecule has 5 heteroatoms. The van der Waals surface area contributed by atoms with Gasteiger partial charge in [0.1, 0.15) is 11.8 Å². The van der Waals surface area contributed by atoms with Gasteiger partial charge in [0.15, 0.2) is 11.6 Å². The summed E-state index contributed by atoms with van der Waals surface area (Å²) in [5, 5.41) is 11.5. The Morgan fingerprint density at radius 3 is 2.67 bits per heavy atom. The van der Waals surface area contributed by atoms with E-state index in [0.717, 1.165) is 19.3 Å². The SMILES string of the molecule is C[C@H]1C[C@H]2[C@@H]3C[C@H](F)C4=CC(=O)CC[C@]4(C)[C@H]3CC[C@]2(C)[C@@]1(O)C(=O)CCl. The maximum Gasteiger partial charge on any atom is 0.179 e. The molecular formula is C22H30ClFO3. The first kappa shape index (κ1) is 19.6. The molecule has 1 N–H and O–H groups in total. The fourth-order valence-corrected chi connectivity index (χ4v) is 7.80. The maximum absolute atomic E-state index is 15.2. The van der Waals surface area contributed by atoms with Crippen LogP contribution in [0.3, 0.4) is 0 Å². The quantitative estimate of drug-likeness (QED) is 0.710. The van der Waals surface area contributed by atoms with Crippen molar-refractivity contribution in [2.24, 2.45) is 34.5 Å². The Morgan fingerprint density at radius 2 is 2.00 bits per heavy atom. The van der Waals surface area contributed by atoms with Gasteiger partial charge in [-0.25, -0.2) is 4.39 Å². The molecule has 0 heterocycles. The summed E-state index contributed by atoms with van der Waals surface area (Å²) in [6.45, 7) is 6.09. The predicted molar refractivity (Wildman–Crippen MR) is 102 cm³/mol. The molecule has 3 fully saturated rings. The molecule has 3 nitrogen and oxygen atoms in total. The second kappa shape index (κ2) is 6.13. The Hall–Kier alpha value is -0.740. The highest BCUT2D eigenvalue weighted by molar-refractivity contribution is 6.29. The average molecular weight is 397 g/mol. The predicted octanol–water partition coefficient (Wildman–Crippen LogP) is 4.25. The summed E-state index contributed by atoms with van der Waals surface area (Å²) < 4.78 is 15.2. The molecule has 0 aromatic carbocycles. The van der Waals surface area contributed by atoms with Crippen molar-refractivity contribution < 1.29 is 19.1 Å². The summed E-state index contributed by atoms with van der Waals surface area (Å²) in [4.78, 5) is 24.6. The van der Waals surface area contributed by atoms with Crippen LogP contribution < -0.4 is 0 Å². The second-order valence-electron chi connectivity index (χ2n) is 9.98. The molecule has 0 amide bonds. The molecule has 4 rings (SSSR count). The van der Waals surface area contributed by atoms with E-state index in [-0.39, 0.29) is 40.6 Å². The van der Waals surface area contributed by atoms with Crippen LogP contribution in [0.1, 0.15) is 59.3 Å². The minimum Gasteiger partial charge on any atom is -0.381 e. The third-order valence-corrected chi connectivity index (χ3v) is 9.31. The molecule has 27 heavy (non-hydrogen) atoms. The topological polar surface area (TPSA) is 54.4 Å². The fourth-order valence-electron chi connectivity index (χ4n) is 7.60. The molecular weight excluding hydrogens is 367 g/mol. The normalized spacial score (nSPS) is 51.9. The van der Waals surface area contributed by atoms with E-state index in [9.17, 15) is 14.7 Å². The molecule has 0 aromatic rings. The van der Waals surface area contributed by atoms with Crippen molar-refractivity contribution in [3.63, 3.8) is 0 Å². The van der Waals surface area contributed by atoms with E-state index < -0.39 is 17.2 Å². The van der Waals surface area contributed by atoms with Gasteiger partial charge in [0, 0.05) is 11.8 Å². The first-order valence-corrected chi connectivity index (χ1v) is 10.8. The van der Waals surface area contributed by atoms with Gasteiger partial charge in [-0.2, -0.15) is 0 Å². The fraction of sp³-hybridized carbons (Fsp3) is 0.818. The lowest BCUT2D eigenvalue weighted by molar-refractivity contribution is -0.166. The number of Topliss-reactive ketones (excluding diaryl/α,β-unsaturated/α-hetero) is 1.